The molecule has 204 valence electrons. The number of hydrogen-bond donors (Lipinski definition) is 2. The van der Waals surface area contributed by atoms with Gasteiger partial charge in [0, 0.05) is 41.2 Å². The lowest BCUT2D eigenvalue weighted by Crippen LogP contribution is -2.29. The largest absolute Gasteiger partial charge is 0.443 e. The number of aromatic nitrogens is 1. The van der Waals surface area contributed by atoms with Gasteiger partial charge in [0.05, 0.1) is 16.8 Å². The Morgan fingerprint density at radius 1 is 1.05 bits per heavy atom. The van der Waals surface area contributed by atoms with Gasteiger partial charge in [0.25, 0.3) is 5.91 Å². The van der Waals surface area contributed by atoms with E-state index in [1.165, 1.54) is 24.8 Å². The van der Waals surface area contributed by atoms with Gasteiger partial charge in [0.15, 0.2) is 0 Å². The van der Waals surface area contributed by atoms with Gasteiger partial charge in [0.1, 0.15) is 5.60 Å². The highest BCUT2D eigenvalue weighted by Gasteiger charge is 2.33. The topological polar surface area (TPSA) is 92.7 Å². The van der Waals surface area contributed by atoms with Crippen LogP contribution in [-0.2, 0) is 22.6 Å². The van der Waals surface area contributed by atoms with Gasteiger partial charge in [-0.2, -0.15) is 0 Å². The molecule has 1 saturated heterocycles. The summed E-state index contributed by atoms with van der Waals surface area (Å²) in [5.41, 5.74) is 4.37. The summed E-state index contributed by atoms with van der Waals surface area (Å²) >= 11 is 0. The summed E-state index contributed by atoms with van der Waals surface area (Å²) in [5, 5.41) is 6.84. The number of nitrogens with zero attached hydrogens (tertiary/aromatic N) is 2. The van der Waals surface area contributed by atoms with Gasteiger partial charge >= 0.3 is 6.09 Å². The standard InChI is InChI=1S/C31H36N4O4/c1-31(2,3)39-30(38)35-25-12-7-19(18-34-13-5-4-6-14-34)15-21(25)16-26(35)22-10-11-24(33-28(36)20-8-9-20)23-17-32-29(37)27(22)23/h7,10-12,15-16,20H,4-6,8-9,13-14,17-18H2,1-3H3,(H,32,37)(H,33,36). The number of piperidine rings is 1. The average Bonchev–Trinajstić information content (AvgIpc) is 3.57. The Bertz CT molecular complexity index is 1470. The molecule has 0 radical (unpaired) electrons. The first-order valence-corrected chi connectivity index (χ1v) is 14.0. The molecule has 6 rings (SSSR count). The zero-order valence-electron chi connectivity index (χ0n) is 22.9. The monoisotopic (exact) mass is 528 g/mol. The number of anilines is 1. The summed E-state index contributed by atoms with van der Waals surface area (Å²) in [5.74, 6) is -0.165. The van der Waals surface area contributed by atoms with E-state index in [1.807, 2.05) is 45.0 Å². The summed E-state index contributed by atoms with van der Waals surface area (Å²) in [6.07, 6.45) is 5.06. The highest BCUT2D eigenvalue weighted by Crippen LogP contribution is 2.38. The SMILES string of the molecule is CC(C)(C)OC(=O)n1c(-c2ccc(NC(=O)C3CC3)c3c2C(=O)NC3)cc2cc(CN3CCCCC3)ccc21. The minimum absolute atomic E-state index is 0.00611. The molecule has 8 heteroatoms. The highest BCUT2D eigenvalue weighted by atomic mass is 16.6. The molecule has 0 spiro atoms. The minimum atomic E-state index is -0.685. The van der Waals surface area contributed by atoms with E-state index in [0.29, 0.717) is 29.1 Å². The van der Waals surface area contributed by atoms with Crippen LogP contribution < -0.4 is 10.6 Å². The second-order valence-corrected chi connectivity index (χ2v) is 12.0. The molecule has 2 amide bonds. The summed E-state index contributed by atoms with van der Waals surface area (Å²) in [6, 6.07) is 11.8. The van der Waals surface area contributed by atoms with Crippen LogP contribution in [0, 0.1) is 5.92 Å². The molecular formula is C31H36N4O4. The molecule has 2 aliphatic heterocycles. The Kier molecular flexibility index (Phi) is 6.46. The number of nitrogens with one attached hydrogen (secondary N) is 2. The fourth-order valence-electron chi connectivity index (χ4n) is 5.70. The molecular weight excluding hydrogens is 492 g/mol. The number of fused-ring (bicyclic) bond motifs is 2. The molecule has 1 aromatic heterocycles. The molecule has 2 N–H and O–H groups in total. The number of hydrogen-bond acceptors (Lipinski definition) is 5. The Morgan fingerprint density at radius 2 is 1.82 bits per heavy atom. The normalized spacial score (nSPS) is 17.7. The second-order valence-electron chi connectivity index (χ2n) is 12.0. The zero-order valence-corrected chi connectivity index (χ0v) is 22.9. The van der Waals surface area contributed by atoms with Crippen LogP contribution in [0.15, 0.2) is 36.4 Å². The van der Waals surface area contributed by atoms with Crippen molar-refractivity contribution in [2.75, 3.05) is 18.4 Å². The molecule has 2 aromatic carbocycles. The van der Waals surface area contributed by atoms with E-state index in [-0.39, 0.29) is 17.7 Å². The van der Waals surface area contributed by atoms with Crippen molar-refractivity contribution in [3.8, 4) is 11.3 Å². The minimum Gasteiger partial charge on any atom is -0.443 e. The van der Waals surface area contributed by atoms with Crippen LogP contribution in [-0.4, -0.2) is 46.1 Å². The van der Waals surface area contributed by atoms with Gasteiger partial charge in [-0.1, -0.05) is 12.5 Å². The quantitative estimate of drug-likeness (QED) is 0.445. The third-order valence-corrected chi connectivity index (χ3v) is 7.74. The molecule has 0 bridgehead atoms. The maximum atomic E-state index is 13.6. The summed E-state index contributed by atoms with van der Waals surface area (Å²) in [7, 11) is 0. The van der Waals surface area contributed by atoms with Gasteiger partial charge in [-0.3, -0.25) is 14.5 Å². The average molecular weight is 529 g/mol. The van der Waals surface area contributed by atoms with Crippen molar-refractivity contribution in [1.82, 2.24) is 14.8 Å². The van der Waals surface area contributed by atoms with Crippen molar-refractivity contribution in [1.29, 1.82) is 0 Å². The molecule has 1 saturated carbocycles. The van der Waals surface area contributed by atoms with E-state index in [2.05, 4.69) is 27.7 Å². The first-order valence-electron chi connectivity index (χ1n) is 14.0. The predicted molar refractivity (Wildman–Crippen MR) is 151 cm³/mol. The molecule has 0 unspecified atom stereocenters. The van der Waals surface area contributed by atoms with Crippen LogP contribution in [0.25, 0.3) is 22.2 Å². The maximum absolute atomic E-state index is 13.6. The molecule has 39 heavy (non-hydrogen) atoms. The van der Waals surface area contributed by atoms with Crippen LogP contribution in [0.3, 0.4) is 0 Å². The van der Waals surface area contributed by atoms with Crippen molar-refractivity contribution in [2.24, 2.45) is 5.92 Å². The van der Waals surface area contributed by atoms with Crippen molar-refractivity contribution in [3.05, 3.63) is 53.1 Å². The van der Waals surface area contributed by atoms with E-state index in [4.69, 9.17) is 4.74 Å². The smallest absolute Gasteiger partial charge is 0.419 e. The lowest BCUT2D eigenvalue weighted by atomic mass is 9.98. The summed E-state index contributed by atoms with van der Waals surface area (Å²) < 4.78 is 7.40. The number of carbonyl (C=O) groups excluding carboxylic acids is 3. The van der Waals surface area contributed by atoms with Crippen LogP contribution in [0.1, 0.15) is 74.4 Å². The van der Waals surface area contributed by atoms with Gasteiger partial charge in [-0.05, 0) is 95.4 Å². The van der Waals surface area contributed by atoms with E-state index in [1.54, 1.807) is 4.57 Å². The number of amides is 2. The molecule has 2 fully saturated rings. The summed E-state index contributed by atoms with van der Waals surface area (Å²) in [6.45, 7) is 8.94. The zero-order chi connectivity index (χ0) is 27.3. The number of rotatable bonds is 5. The van der Waals surface area contributed by atoms with E-state index < -0.39 is 11.7 Å². The van der Waals surface area contributed by atoms with Crippen LogP contribution in [0.2, 0.25) is 0 Å². The molecule has 3 aromatic rings. The van der Waals surface area contributed by atoms with Crippen molar-refractivity contribution in [3.63, 3.8) is 0 Å². The number of ether oxygens (including phenoxy) is 1. The van der Waals surface area contributed by atoms with E-state index >= 15 is 0 Å². The Morgan fingerprint density at radius 3 is 2.54 bits per heavy atom. The van der Waals surface area contributed by atoms with E-state index in [0.717, 1.165) is 48.9 Å². The van der Waals surface area contributed by atoms with Crippen molar-refractivity contribution >= 4 is 34.5 Å². The number of carbonyl (C=O) groups is 3. The number of benzene rings is 2. The van der Waals surface area contributed by atoms with Crippen molar-refractivity contribution < 1.29 is 19.1 Å². The van der Waals surface area contributed by atoms with Crippen LogP contribution in [0.5, 0.6) is 0 Å². The molecule has 0 atom stereocenters. The first kappa shape index (κ1) is 25.6. The first-order chi connectivity index (χ1) is 18.7. The molecule has 8 nitrogen and oxygen atoms in total. The lowest BCUT2D eigenvalue weighted by Gasteiger charge is -2.26. The van der Waals surface area contributed by atoms with Crippen molar-refractivity contribution in [2.45, 2.75) is 71.6 Å². The van der Waals surface area contributed by atoms with Crippen LogP contribution in [0.4, 0.5) is 10.5 Å². The Balaban J connectivity index is 1.45. The van der Waals surface area contributed by atoms with Gasteiger partial charge in [-0.25, -0.2) is 9.36 Å². The van der Waals surface area contributed by atoms with Gasteiger partial charge in [-0.15, -0.1) is 0 Å². The molecule has 3 aliphatic rings. The molecule has 1 aliphatic carbocycles. The predicted octanol–water partition coefficient (Wildman–Crippen LogP) is 5.67. The van der Waals surface area contributed by atoms with E-state index in [9.17, 15) is 14.4 Å². The fourth-order valence-corrected chi connectivity index (χ4v) is 5.70. The van der Waals surface area contributed by atoms with Crippen LogP contribution >= 0.6 is 0 Å². The van der Waals surface area contributed by atoms with Gasteiger partial charge < -0.3 is 15.4 Å². The number of likely N-dealkylation sites (tertiary alicyclic amines) is 1. The third-order valence-electron chi connectivity index (χ3n) is 7.74. The van der Waals surface area contributed by atoms with Gasteiger partial charge in [0.2, 0.25) is 5.91 Å². The summed E-state index contributed by atoms with van der Waals surface area (Å²) in [4.78, 5) is 41.6. The third kappa shape index (κ3) is 5.17. The fraction of sp³-hybridized carbons (Fsp3) is 0.452. The highest BCUT2D eigenvalue weighted by molar-refractivity contribution is 6.09. The second kappa shape index (κ2) is 9.83. The Labute approximate surface area is 228 Å². The lowest BCUT2D eigenvalue weighted by molar-refractivity contribution is -0.117. The Hall–Kier alpha value is -3.65. The maximum Gasteiger partial charge on any atom is 0.419 e. The molecule has 3 heterocycles.